The van der Waals surface area contributed by atoms with Crippen molar-refractivity contribution in [3.63, 3.8) is 0 Å². The summed E-state index contributed by atoms with van der Waals surface area (Å²) in [6, 6.07) is 0. The van der Waals surface area contributed by atoms with E-state index in [9.17, 15) is 9.59 Å². The summed E-state index contributed by atoms with van der Waals surface area (Å²) < 4.78 is 5.18. The van der Waals surface area contributed by atoms with Crippen LogP contribution in [0.4, 0.5) is 0 Å². The van der Waals surface area contributed by atoms with E-state index in [1.165, 1.54) is 0 Å². The molecule has 3 atom stereocenters. The second-order valence-corrected chi connectivity index (χ2v) is 4.26. The maximum absolute atomic E-state index is 11.5. The lowest BCUT2D eigenvalue weighted by Crippen LogP contribution is -2.31. The number of nitrogens with one attached hydrogen (secondary N) is 1. The number of aliphatic carboxylic acids is 1. The summed E-state index contributed by atoms with van der Waals surface area (Å²) in [5.74, 6) is -1.33. The summed E-state index contributed by atoms with van der Waals surface area (Å²) in [6.07, 6.45) is 1.47. The monoisotopic (exact) mass is 213 g/mol. The van der Waals surface area contributed by atoms with Crippen molar-refractivity contribution in [1.82, 2.24) is 5.32 Å². The number of ether oxygens (including phenoxy) is 1. The topological polar surface area (TPSA) is 75.6 Å². The second kappa shape index (κ2) is 4.18. The van der Waals surface area contributed by atoms with Gasteiger partial charge in [0.15, 0.2) is 0 Å². The first-order valence-electron chi connectivity index (χ1n) is 5.26. The molecule has 0 spiro atoms. The number of carboxylic acids is 1. The predicted octanol–water partition coefficient (Wildman–Crippen LogP) is -0.140. The van der Waals surface area contributed by atoms with E-state index >= 15 is 0 Å². The first-order chi connectivity index (χ1) is 7.18. The number of hydrogen-bond acceptors (Lipinski definition) is 3. The van der Waals surface area contributed by atoms with Crippen LogP contribution in [0.15, 0.2) is 0 Å². The molecule has 2 rings (SSSR count). The molecule has 0 bridgehead atoms. The Hall–Kier alpha value is -1.10. The van der Waals surface area contributed by atoms with E-state index < -0.39 is 11.9 Å². The third kappa shape index (κ3) is 2.47. The van der Waals surface area contributed by atoms with Crippen molar-refractivity contribution in [3.8, 4) is 0 Å². The van der Waals surface area contributed by atoms with Gasteiger partial charge in [0.25, 0.3) is 0 Å². The maximum atomic E-state index is 11.5. The average Bonchev–Trinajstić information content (AvgIpc) is 2.85. The van der Waals surface area contributed by atoms with Crippen LogP contribution in [-0.4, -0.2) is 36.7 Å². The van der Waals surface area contributed by atoms with Crippen LogP contribution in [0.25, 0.3) is 0 Å². The molecular weight excluding hydrogens is 198 g/mol. The van der Waals surface area contributed by atoms with Crippen LogP contribution in [0.3, 0.4) is 0 Å². The van der Waals surface area contributed by atoms with Gasteiger partial charge in [-0.25, -0.2) is 0 Å². The molecule has 2 fully saturated rings. The number of carbonyl (C=O) groups excluding carboxylic acids is 1. The van der Waals surface area contributed by atoms with E-state index in [1.54, 1.807) is 0 Å². The minimum absolute atomic E-state index is 0.116. The molecule has 1 saturated carbocycles. The minimum atomic E-state index is -0.862. The Kier molecular flexibility index (Phi) is 2.90. The second-order valence-electron chi connectivity index (χ2n) is 4.26. The Balaban J connectivity index is 1.67. The normalized spacial score (nSPS) is 33.7. The van der Waals surface area contributed by atoms with Crippen molar-refractivity contribution in [1.29, 1.82) is 0 Å². The molecule has 0 aromatic carbocycles. The van der Waals surface area contributed by atoms with Gasteiger partial charge in [0, 0.05) is 19.1 Å². The molecule has 1 aliphatic heterocycles. The van der Waals surface area contributed by atoms with E-state index in [-0.39, 0.29) is 11.8 Å². The Morgan fingerprint density at radius 1 is 1.40 bits per heavy atom. The maximum Gasteiger partial charge on any atom is 0.307 e. The first kappa shape index (κ1) is 10.4. The summed E-state index contributed by atoms with van der Waals surface area (Å²) >= 11 is 0. The molecule has 1 heterocycles. The van der Waals surface area contributed by atoms with Crippen molar-refractivity contribution in [3.05, 3.63) is 0 Å². The zero-order valence-electron chi connectivity index (χ0n) is 8.44. The highest BCUT2D eigenvalue weighted by molar-refractivity contribution is 5.89. The molecule has 1 unspecified atom stereocenters. The first-order valence-corrected chi connectivity index (χ1v) is 5.26. The SMILES string of the molecule is O=C(O)[C@H]1C[C@H]1C(=O)NCC1CCOC1. The molecule has 1 aliphatic carbocycles. The van der Waals surface area contributed by atoms with Gasteiger partial charge < -0.3 is 15.2 Å². The molecular formula is C10H15NO4. The summed E-state index contributed by atoms with van der Waals surface area (Å²) in [6.45, 7) is 2.08. The van der Waals surface area contributed by atoms with Gasteiger partial charge in [-0.3, -0.25) is 9.59 Å². The van der Waals surface area contributed by atoms with Crippen LogP contribution in [0.2, 0.25) is 0 Å². The Morgan fingerprint density at radius 2 is 2.20 bits per heavy atom. The van der Waals surface area contributed by atoms with Crippen molar-refractivity contribution in [2.45, 2.75) is 12.8 Å². The molecule has 1 amide bonds. The zero-order valence-corrected chi connectivity index (χ0v) is 8.44. The van der Waals surface area contributed by atoms with Gasteiger partial charge in [-0.1, -0.05) is 0 Å². The molecule has 0 aromatic heterocycles. The molecule has 15 heavy (non-hydrogen) atoms. The highest BCUT2D eigenvalue weighted by Gasteiger charge is 2.48. The fraction of sp³-hybridized carbons (Fsp3) is 0.800. The van der Waals surface area contributed by atoms with Gasteiger partial charge in [-0.15, -0.1) is 0 Å². The van der Waals surface area contributed by atoms with Gasteiger partial charge in [-0.2, -0.15) is 0 Å². The van der Waals surface area contributed by atoms with Gasteiger partial charge >= 0.3 is 5.97 Å². The smallest absolute Gasteiger partial charge is 0.307 e. The van der Waals surface area contributed by atoms with Gasteiger partial charge in [0.2, 0.25) is 5.91 Å². The average molecular weight is 213 g/mol. The molecule has 84 valence electrons. The number of carbonyl (C=O) groups is 2. The fourth-order valence-electron chi connectivity index (χ4n) is 1.88. The summed E-state index contributed by atoms with van der Waals surface area (Å²) in [5.41, 5.74) is 0. The van der Waals surface area contributed by atoms with Crippen molar-refractivity contribution in [2.24, 2.45) is 17.8 Å². The third-order valence-electron chi connectivity index (χ3n) is 3.03. The van der Waals surface area contributed by atoms with Crippen molar-refractivity contribution in [2.75, 3.05) is 19.8 Å². The lowest BCUT2D eigenvalue weighted by Gasteiger charge is -2.08. The van der Waals surface area contributed by atoms with E-state index in [4.69, 9.17) is 9.84 Å². The molecule has 2 aliphatic rings. The van der Waals surface area contributed by atoms with Crippen LogP contribution in [-0.2, 0) is 14.3 Å². The lowest BCUT2D eigenvalue weighted by atomic mass is 10.1. The molecule has 1 saturated heterocycles. The van der Waals surface area contributed by atoms with Crippen LogP contribution in [0.1, 0.15) is 12.8 Å². The van der Waals surface area contributed by atoms with E-state index in [1.807, 2.05) is 0 Å². The van der Waals surface area contributed by atoms with Gasteiger partial charge in [0.05, 0.1) is 18.4 Å². The Morgan fingerprint density at radius 3 is 2.73 bits per heavy atom. The number of carboxylic acid groups (broad SMARTS) is 1. The minimum Gasteiger partial charge on any atom is -0.481 e. The van der Waals surface area contributed by atoms with Crippen LogP contribution in [0.5, 0.6) is 0 Å². The summed E-state index contributed by atoms with van der Waals surface area (Å²) in [5, 5.41) is 11.4. The highest BCUT2D eigenvalue weighted by atomic mass is 16.5. The van der Waals surface area contributed by atoms with Gasteiger partial charge in [0.1, 0.15) is 0 Å². The van der Waals surface area contributed by atoms with Crippen molar-refractivity contribution < 1.29 is 19.4 Å². The quantitative estimate of drug-likeness (QED) is 0.681. The van der Waals surface area contributed by atoms with E-state index in [2.05, 4.69) is 5.32 Å². The Labute approximate surface area is 87.8 Å². The van der Waals surface area contributed by atoms with Gasteiger partial charge in [-0.05, 0) is 12.8 Å². The highest BCUT2D eigenvalue weighted by Crippen LogP contribution is 2.38. The molecule has 5 heteroatoms. The summed E-state index contributed by atoms with van der Waals surface area (Å²) in [4.78, 5) is 22.0. The van der Waals surface area contributed by atoms with Crippen LogP contribution < -0.4 is 5.32 Å². The van der Waals surface area contributed by atoms with Crippen LogP contribution in [0, 0.1) is 17.8 Å². The number of rotatable bonds is 4. The fourth-order valence-corrected chi connectivity index (χ4v) is 1.88. The predicted molar refractivity (Wildman–Crippen MR) is 51.2 cm³/mol. The van der Waals surface area contributed by atoms with E-state index in [0.29, 0.717) is 25.5 Å². The van der Waals surface area contributed by atoms with Crippen LogP contribution >= 0.6 is 0 Å². The summed E-state index contributed by atoms with van der Waals surface area (Å²) in [7, 11) is 0. The lowest BCUT2D eigenvalue weighted by molar-refractivity contribution is -0.140. The Bertz CT molecular complexity index is 273. The molecule has 0 radical (unpaired) electrons. The van der Waals surface area contributed by atoms with E-state index in [0.717, 1.165) is 13.0 Å². The third-order valence-corrected chi connectivity index (χ3v) is 3.03. The number of hydrogen-bond donors (Lipinski definition) is 2. The van der Waals surface area contributed by atoms with Crippen molar-refractivity contribution >= 4 is 11.9 Å². The molecule has 2 N–H and O–H groups in total. The largest absolute Gasteiger partial charge is 0.481 e. The number of amides is 1. The molecule has 5 nitrogen and oxygen atoms in total. The standard InChI is InChI=1S/C10H15NO4/c12-9(7-3-8(7)10(13)14)11-4-6-1-2-15-5-6/h6-8H,1-5H2,(H,11,12)(H,13,14)/t6?,7-,8+/m1/s1. The zero-order chi connectivity index (χ0) is 10.8. The molecule has 0 aromatic rings.